The third-order valence-corrected chi connectivity index (χ3v) is 8.00. The van der Waals surface area contributed by atoms with E-state index in [1.165, 1.54) is 7.05 Å². The molecular formula is C38H46N4O6. The van der Waals surface area contributed by atoms with Gasteiger partial charge in [-0.3, -0.25) is 34.2 Å². The van der Waals surface area contributed by atoms with Crippen LogP contribution in [0.3, 0.4) is 0 Å². The molecule has 3 aromatic rings. The Morgan fingerprint density at radius 3 is 2.00 bits per heavy atom. The highest BCUT2D eigenvalue weighted by Gasteiger charge is 2.38. The molecule has 4 amide bonds. The average Bonchev–Trinajstić information content (AvgIpc) is 3.29. The molecule has 4 rings (SSSR count). The maximum atomic E-state index is 13.8. The molecule has 0 spiro atoms. The molecule has 0 saturated carbocycles. The highest BCUT2D eigenvalue weighted by atomic mass is 16.6. The normalized spacial score (nSPS) is 14.7. The van der Waals surface area contributed by atoms with Crippen LogP contribution in [0.5, 0.6) is 0 Å². The average molecular weight is 655 g/mol. The molecule has 254 valence electrons. The van der Waals surface area contributed by atoms with E-state index < -0.39 is 47.4 Å². The summed E-state index contributed by atoms with van der Waals surface area (Å²) in [5.74, 6) is -2.24. The van der Waals surface area contributed by atoms with Crippen molar-refractivity contribution in [3.05, 3.63) is 95.6 Å². The highest BCUT2D eigenvalue weighted by Crippen LogP contribution is 2.29. The van der Waals surface area contributed by atoms with E-state index in [2.05, 4.69) is 16.0 Å². The Morgan fingerprint density at radius 1 is 0.771 bits per heavy atom. The molecule has 10 heteroatoms. The quantitative estimate of drug-likeness (QED) is 0.172. The van der Waals surface area contributed by atoms with Gasteiger partial charge in [0.1, 0.15) is 17.7 Å². The van der Waals surface area contributed by atoms with Crippen LogP contribution >= 0.6 is 0 Å². The van der Waals surface area contributed by atoms with Crippen molar-refractivity contribution in [2.75, 3.05) is 13.6 Å². The summed E-state index contributed by atoms with van der Waals surface area (Å²) in [4.78, 5) is 68.1. The lowest BCUT2D eigenvalue weighted by atomic mass is 9.99. The number of imide groups is 1. The van der Waals surface area contributed by atoms with E-state index in [1.54, 1.807) is 32.9 Å². The van der Waals surface area contributed by atoms with Crippen LogP contribution in [0.1, 0.15) is 73.7 Å². The van der Waals surface area contributed by atoms with Crippen molar-refractivity contribution in [3.63, 3.8) is 0 Å². The standard InChI is InChI=1S/C38H46N4O6/c1-24(2)21-31(34(44)41-32(33(43)39-6)22-25-13-9-7-10-14-25)40-30(37(47)48-38(3,4)5)19-20-42-35(45)28-18-17-27(23-29(28)36(42)46)26-15-11-8-12-16-26/h7-18,23-24,30-32,40H,19-22H2,1-6H3,(H,39,43)(H,41,44)/t30?,31-,32-/m0/s1. The molecule has 0 fully saturated rings. The fourth-order valence-electron chi connectivity index (χ4n) is 5.67. The van der Waals surface area contributed by atoms with Crippen LogP contribution in [0.25, 0.3) is 11.1 Å². The number of hydrogen-bond acceptors (Lipinski definition) is 7. The molecule has 0 radical (unpaired) electrons. The molecule has 1 heterocycles. The zero-order valence-corrected chi connectivity index (χ0v) is 28.5. The van der Waals surface area contributed by atoms with Crippen molar-refractivity contribution in [1.82, 2.24) is 20.9 Å². The first-order valence-electron chi connectivity index (χ1n) is 16.4. The fourth-order valence-corrected chi connectivity index (χ4v) is 5.67. The van der Waals surface area contributed by atoms with Crippen molar-refractivity contribution in [2.45, 2.75) is 77.6 Å². The fraction of sp³-hybridized carbons (Fsp3) is 0.395. The Hall–Kier alpha value is -4.83. The van der Waals surface area contributed by atoms with Gasteiger partial charge < -0.3 is 15.4 Å². The number of nitrogens with one attached hydrogen (secondary N) is 3. The van der Waals surface area contributed by atoms with E-state index in [1.807, 2.05) is 80.6 Å². The number of benzene rings is 3. The van der Waals surface area contributed by atoms with Gasteiger partial charge in [-0.15, -0.1) is 0 Å². The van der Waals surface area contributed by atoms with Crippen LogP contribution in [-0.2, 0) is 25.5 Å². The molecular weight excluding hydrogens is 608 g/mol. The second kappa shape index (κ2) is 15.8. The molecule has 0 bridgehead atoms. The van der Waals surface area contributed by atoms with Gasteiger partial charge in [0.15, 0.2) is 0 Å². The second-order valence-corrected chi connectivity index (χ2v) is 13.5. The topological polar surface area (TPSA) is 134 Å². The molecule has 1 unspecified atom stereocenters. The van der Waals surface area contributed by atoms with E-state index in [0.29, 0.717) is 17.5 Å². The number of hydrogen-bond donors (Lipinski definition) is 3. The second-order valence-electron chi connectivity index (χ2n) is 13.5. The van der Waals surface area contributed by atoms with Gasteiger partial charge in [0, 0.05) is 20.0 Å². The van der Waals surface area contributed by atoms with Crippen molar-refractivity contribution in [1.29, 1.82) is 0 Å². The Bertz CT molecular complexity index is 1620. The van der Waals surface area contributed by atoms with Gasteiger partial charge in [-0.1, -0.05) is 80.6 Å². The predicted molar refractivity (Wildman–Crippen MR) is 184 cm³/mol. The number of amides is 4. The molecule has 1 aliphatic rings. The molecule has 48 heavy (non-hydrogen) atoms. The van der Waals surface area contributed by atoms with E-state index in [4.69, 9.17) is 4.74 Å². The molecule has 3 atom stereocenters. The number of likely N-dealkylation sites (N-methyl/N-ethyl adjacent to an activating group) is 1. The number of fused-ring (bicyclic) bond motifs is 1. The summed E-state index contributed by atoms with van der Waals surface area (Å²) in [6.07, 6.45) is 0.644. The SMILES string of the molecule is CNC(=O)[C@H](Cc1ccccc1)NC(=O)[C@H](CC(C)C)NC(CCN1C(=O)c2ccc(-c3ccccc3)cc2C1=O)C(=O)OC(C)(C)C. The minimum Gasteiger partial charge on any atom is -0.459 e. The number of carbonyl (C=O) groups is 5. The highest BCUT2D eigenvalue weighted by molar-refractivity contribution is 6.21. The first-order valence-corrected chi connectivity index (χ1v) is 16.4. The summed E-state index contributed by atoms with van der Waals surface area (Å²) in [6.45, 7) is 9.06. The summed E-state index contributed by atoms with van der Waals surface area (Å²) in [6, 6.07) is 21.4. The van der Waals surface area contributed by atoms with Gasteiger partial charge in [0.25, 0.3) is 11.8 Å². The Balaban J connectivity index is 1.54. The lowest BCUT2D eigenvalue weighted by molar-refractivity contribution is -0.158. The summed E-state index contributed by atoms with van der Waals surface area (Å²) in [7, 11) is 1.51. The molecule has 10 nitrogen and oxygen atoms in total. The number of nitrogens with zero attached hydrogens (tertiary/aromatic N) is 1. The first-order chi connectivity index (χ1) is 22.8. The van der Waals surface area contributed by atoms with Gasteiger partial charge in [0.05, 0.1) is 17.2 Å². The van der Waals surface area contributed by atoms with Crippen molar-refractivity contribution >= 4 is 29.6 Å². The van der Waals surface area contributed by atoms with Crippen LogP contribution in [0, 0.1) is 5.92 Å². The van der Waals surface area contributed by atoms with Crippen LogP contribution in [0.15, 0.2) is 78.9 Å². The van der Waals surface area contributed by atoms with Gasteiger partial charge in [0.2, 0.25) is 11.8 Å². The first kappa shape index (κ1) is 36.0. The number of ether oxygens (including phenoxy) is 1. The van der Waals surface area contributed by atoms with Gasteiger partial charge in [-0.05, 0) is 68.4 Å². The zero-order chi connectivity index (χ0) is 35.0. The van der Waals surface area contributed by atoms with Crippen LogP contribution in [-0.4, -0.2) is 71.8 Å². The molecule has 0 aromatic heterocycles. The molecule has 0 aliphatic carbocycles. The van der Waals surface area contributed by atoms with Crippen molar-refractivity contribution in [2.24, 2.45) is 5.92 Å². The monoisotopic (exact) mass is 654 g/mol. The summed E-state index contributed by atoms with van der Waals surface area (Å²) in [5, 5.41) is 8.66. The van der Waals surface area contributed by atoms with E-state index in [-0.39, 0.29) is 31.2 Å². The smallest absolute Gasteiger partial charge is 0.323 e. The summed E-state index contributed by atoms with van der Waals surface area (Å²) in [5.41, 5.74) is 2.40. The van der Waals surface area contributed by atoms with Gasteiger partial charge in [-0.25, -0.2) is 0 Å². The number of rotatable bonds is 14. The summed E-state index contributed by atoms with van der Waals surface area (Å²) < 4.78 is 5.71. The molecule has 0 saturated heterocycles. The predicted octanol–water partition coefficient (Wildman–Crippen LogP) is 4.53. The number of carbonyl (C=O) groups excluding carboxylic acids is 5. The van der Waals surface area contributed by atoms with Crippen LogP contribution < -0.4 is 16.0 Å². The van der Waals surface area contributed by atoms with E-state index in [0.717, 1.165) is 21.6 Å². The van der Waals surface area contributed by atoms with E-state index >= 15 is 0 Å². The Morgan fingerprint density at radius 2 is 1.40 bits per heavy atom. The minimum absolute atomic E-state index is 0.0106. The maximum absolute atomic E-state index is 13.8. The lowest BCUT2D eigenvalue weighted by Gasteiger charge is -2.30. The molecule has 3 N–H and O–H groups in total. The molecule has 3 aromatic carbocycles. The molecule has 1 aliphatic heterocycles. The third-order valence-electron chi connectivity index (χ3n) is 8.00. The Labute approximate surface area is 282 Å². The third kappa shape index (κ3) is 9.38. The Kier molecular flexibility index (Phi) is 11.9. The maximum Gasteiger partial charge on any atom is 0.323 e. The van der Waals surface area contributed by atoms with Crippen LogP contribution in [0.2, 0.25) is 0 Å². The number of esters is 1. The van der Waals surface area contributed by atoms with Gasteiger partial charge >= 0.3 is 5.97 Å². The van der Waals surface area contributed by atoms with E-state index in [9.17, 15) is 24.0 Å². The minimum atomic E-state index is -1.03. The van der Waals surface area contributed by atoms with Crippen molar-refractivity contribution < 1.29 is 28.7 Å². The van der Waals surface area contributed by atoms with Gasteiger partial charge in [-0.2, -0.15) is 0 Å². The largest absolute Gasteiger partial charge is 0.459 e. The van der Waals surface area contributed by atoms with Crippen LogP contribution in [0.4, 0.5) is 0 Å². The lowest BCUT2D eigenvalue weighted by Crippen LogP contribution is -2.57. The van der Waals surface area contributed by atoms with Crippen molar-refractivity contribution in [3.8, 4) is 11.1 Å². The summed E-state index contributed by atoms with van der Waals surface area (Å²) >= 11 is 0. The zero-order valence-electron chi connectivity index (χ0n) is 28.5.